The Morgan fingerprint density at radius 1 is 1.29 bits per heavy atom. The standard InChI is InChI=1S/C14H10BrClFNO3/c15-7-9-3-12(17)6-13(4-9)21-8-10-1-2-11(16)5-14(10)18(19)20/h1-6H,7-8H2. The molecule has 0 aromatic heterocycles. The lowest BCUT2D eigenvalue weighted by atomic mass is 10.2. The van der Waals surface area contributed by atoms with Crippen molar-refractivity contribution in [1.82, 2.24) is 0 Å². The average molecular weight is 375 g/mol. The fraction of sp³-hybridized carbons (Fsp3) is 0.143. The van der Waals surface area contributed by atoms with Crippen molar-refractivity contribution in [3.05, 3.63) is 68.5 Å². The van der Waals surface area contributed by atoms with Gasteiger partial charge in [-0.25, -0.2) is 4.39 Å². The van der Waals surface area contributed by atoms with Crippen LogP contribution < -0.4 is 4.74 Å². The fourth-order valence-electron chi connectivity index (χ4n) is 1.77. The van der Waals surface area contributed by atoms with Crippen molar-refractivity contribution in [3.63, 3.8) is 0 Å². The molecule has 0 unspecified atom stereocenters. The summed E-state index contributed by atoms with van der Waals surface area (Å²) in [5.74, 6) is -0.110. The van der Waals surface area contributed by atoms with Crippen LogP contribution in [0.15, 0.2) is 36.4 Å². The predicted molar refractivity (Wildman–Crippen MR) is 81.5 cm³/mol. The van der Waals surface area contributed by atoms with Crippen molar-refractivity contribution < 1.29 is 14.1 Å². The van der Waals surface area contributed by atoms with E-state index in [1.54, 1.807) is 12.1 Å². The second-order valence-corrected chi connectivity index (χ2v) is 5.24. The number of rotatable bonds is 5. The van der Waals surface area contributed by atoms with Crippen LogP contribution in [-0.2, 0) is 11.9 Å². The molecule has 0 saturated heterocycles. The van der Waals surface area contributed by atoms with Gasteiger partial charge in [-0.2, -0.15) is 0 Å². The van der Waals surface area contributed by atoms with E-state index in [1.807, 2.05) is 0 Å². The van der Waals surface area contributed by atoms with E-state index in [-0.39, 0.29) is 17.3 Å². The zero-order chi connectivity index (χ0) is 15.4. The van der Waals surface area contributed by atoms with Crippen molar-refractivity contribution in [2.24, 2.45) is 0 Å². The van der Waals surface area contributed by atoms with Crippen molar-refractivity contribution in [1.29, 1.82) is 0 Å². The molecule has 0 aliphatic carbocycles. The molecule has 0 radical (unpaired) electrons. The van der Waals surface area contributed by atoms with E-state index in [0.717, 1.165) is 5.56 Å². The molecule has 2 aromatic carbocycles. The second kappa shape index (κ2) is 6.87. The summed E-state index contributed by atoms with van der Waals surface area (Å²) < 4.78 is 18.8. The van der Waals surface area contributed by atoms with Crippen LogP contribution in [0.4, 0.5) is 10.1 Å². The first-order valence-corrected chi connectivity index (χ1v) is 7.40. The smallest absolute Gasteiger partial charge is 0.277 e. The largest absolute Gasteiger partial charge is 0.489 e. The number of nitrogens with zero attached hydrogens (tertiary/aromatic N) is 1. The highest BCUT2D eigenvalue weighted by molar-refractivity contribution is 9.08. The monoisotopic (exact) mass is 373 g/mol. The molecule has 4 nitrogen and oxygen atoms in total. The second-order valence-electron chi connectivity index (χ2n) is 4.25. The number of alkyl halides is 1. The first-order chi connectivity index (χ1) is 9.99. The average Bonchev–Trinajstić information content (AvgIpc) is 2.45. The highest BCUT2D eigenvalue weighted by Crippen LogP contribution is 2.25. The summed E-state index contributed by atoms with van der Waals surface area (Å²) in [5.41, 5.74) is 0.962. The van der Waals surface area contributed by atoms with E-state index < -0.39 is 10.7 Å². The molecule has 0 spiro atoms. The Morgan fingerprint density at radius 3 is 2.71 bits per heavy atom. The molecule has 0 heterocycles. The van der Waals surface area contributed by atoms with Crippen LogP contribution in [0.1, 0.15) is 11.1 Å². The van der Waals surface area contributed by atoms with Gasteiger partial charge in [0, 0.05) is 22.5 Å². The zero-order valence-electron chi connectivity index (χ0n) is 10.7. The maximum absolute atomic E-state index is 13.4. The fourth-order valence-corrected chi connectivity index (χ4v) is 2.26. The van der Waals surface area contributed by atoms with Gasteiger partial charge in [-0.1, -0.05) is 27.5 Å². The predicted octanol–water partition coefficient (Wildman–Crippen LogP) is 4.86. The van der Waals surface area contributed by atoms with Crippen LogP contribution in [0.2, 0.25) is 5.02 Å². The van der Waals surface area contributed by atoms with Gasteiger partial charge in [0.25, 0.3) is 5.69 Å². The van der Waals surface area contributed by atoms with E-state index in [0.29, 0.717) is 16.6 Å². The van der Waals surface area contributed by atoms with Crippen LogP contribution in [0.5, 0.6) is 5.75 Å². The lowest BCUT2D eigenvalue weighted by Crippen LogP contribution is -2.01. The van der Waals surface area contributed by atoms with E-state index in [4.69, 9.17) is 16.3 Å². The minimum atomic E-state index is -0.528. The number of nitro benzene ring substituents is 1. The van der Waals surface area contributed by atoms with Crippen LogP contribution in [0, 0.1) is 15.9 Å². The molecule has 0 bridgehead atoms. The summed E-state index contributed by atoms with van der Waals surface area (Å²) in [6, 6.07) is 8.60. The molecule has 0 aliphatic heterocycles. The Bertz CT molecular complexity index is 681. The molecule has 2 aromatic rings. The third kappa shape index (κ3) is 4.15. The Hall–Kier alpha value is -1.66. The topological polar surface area (TPSA) is 52.4 Å². The van der Waals surface area contributed by atoms with Gasteiger partial charge in [-0.05, 0) is 29.8 Å². The lowest BCUT2D eigenvalue weighted by molar-refractivity contribution is -0.385. The van der Waals surface area contributed by atoms with Gasteiger partial charge in [0.1, 0.15) is 18.2 Å². The van der Waals surface area contributed by atoms with Gasteiger partial charge in [0.05, 0.1) is 10.5 Å². The zero-order valence-corrected chi connectivity index (χ0v) is 13.0. The van der Waals surface area contributed by atoms with Crippen LogP contribution in [0.3, 0.4) is 0 Å². The Morgan fingerprint density at radius 2 is 2.05 bits per heavy atom. The maximum Gasteiger partial charge on any atom is 0.277 e. The highest BCUT2D eigenvalue weighted by Gasteiger charge is 2.15. The van der Waals surface area contributed by atoms with Gasteiger partial charge in [0.2, 0.25) is 0 Å². The molecule has 7 heteroatoms. The van der Waals surface area contributed by atoms with Gasteiger partial charge < -0.3 is 4.74 Å². The molecule has 0 amide bonds. The van der Waals surface area contributed by atoms with Crippen molar-refractivity contribution in [2.45, 2.75) is 11.9 Å². The first kappa shape index (κ1) is 15.7. The molecule has 0 N–H and O–H groups in total. The molecule has 21 heavy (non-hydrogen) atoms. The third-order valence-electron chi connectivity index (χ3n) is 2.72. The summed E-state index contributed by atoms with van der Waals surface area (Å²) in [5, 5.41) is 11.7. The minimum Gasteiger partial charge on any atom is -0.489 e. The minimum absolute atomic E-state index is 0.0430. The summed E-state index contributed by atoms with van der Waals surface area (Å²) in [6.07, 6.45) is 0. The molecular weight excluding hydrogens is 365 g/mol. The van der Waals surface area contributed by atoms with Crippen molar-refractivity contribution in [2.75, 3.05) is 0 Å². The Kier molecular flexibility index (Phi) is 5.14. The molecule has 0 saturated carbocycles. The van der Waals surface area contributed by atoms with Crippen LogP contribution in [-0.4, -0.2) is 4.92 Å². The van der Waals surface area contributed by atoms with Crippen LogP contribution >= 0.6 is 27.5 Å². The van der Waals surface area contributed by atoms with E-state index >= 15 is 0 Å². The summed E-state index contributed by atoms with van der Waals surface area (Å²) >= 11 is 8.97. The van der Waals surface area contributed by atoms with Gasteiger partial charge in [-0.3, -0.25) is 10.1 Å². The normalized spacial score (nSPS) is 10.4. The molecule has 0 atom stereocenters. The van der Waals surface area contributed by atoms with E-state index in [1.165, 1.54) is 24.3 Å². The number of benzene rings is 2. The first-order valence-electron chi connectivity index (χ1n) is 5.90. The number of hydrogen-bond donors (Lipinski definition) is 0. The summed E-state index contributed by atoms with van der Waals surface area (Å²) in [7, 11) is 0. The van der Waals surface area contributed by atoms with Crippen molar-refractivity contribution in [3.8, 4) is 5.75 Å². The van der Waals surface area contributed by atoms with Gasteiger partial charge in [-0.15, -0.1) is 0 Å². The number of hydrogen-bond acceptors (Lipinski definition) is 3. The van der Waals surface area contributed by atoms with E-state index in [2.05, 4.69) is 15.9 Å². The Balaban J connectivity index is 2.20. The molecule has 2 rings (SSSR count). The quantitative estimate of drug-likeness (QED) is 0.426. The number of halogens is 3. The van der Waals surface area contributed by atoms with Crippen molar-refractivity contribution >= 4 is 33.2 Å². The Labute approximate surface area is 133 Å². The molecule has 0 aliphatic rings. The van der Waals surface area contributed by atoms with Gasteiger partial charge in [0.15, 0.2) is 0 Å². The number of ether oxygens (including phenoxy) is 1. The maximum atomic E-state index is 13.4. The highest BCUT2D eigenvalue weighted by atomic mass is 79.9. The molecular formula is C14H10BrClFNO3. The van der Waals surface area contributed by atoms with E-state index in [9.17, 15) is 14.5 Å². The molecule has 110 valence electrons. The number of nitro groups is 1. The molecule has 0 fully saturated rings. The summed E-state index contributed by atoms with van der Waals surface area (Å²) in [6.45, 7) is -0.0430. The summed E-state index contributed by atoms with van der Waals surface area (Å²) in [4.78, 5) is 10.4. The third-order valence-corrected chi connectivity index (χ3v) is 3.61. The lowest BCUT2D eigenvalue weighted by Gasteiger charge is -2.08. The SMILES string of the molecule is O=[N+]([O-])c1cc(Cl)ccc1COc1cc(F)cc(CBr)c1. The van der Waals surface area contributed by atoms with Gasteiger partial charge >= 0.3 is 0 Å². The van der Waals surface area contributed by atoms with Crippen LogP contribution in [0.25, 0.3) is 0 Å².